The summed E-state index contributed by atoms with van der Waals surface area (Å²) in [5, 5.41) is 0. The summed E-state index contributed by atoms with van der Waals surface area (Å²) in [5.41, 5.74) is 4.21. The standard InChI is InChI=1S/C19H26BrNO2/c1-3-17-16(6-5-7-18(17)20)14-15-8-11-21(12-9-15)13-10-19(22)23-4-2/h5-7,14H,3-4,8-13H2,1-2H3. The summed E-state index contributed by atoms with van der Waals surface area (Å²) in [4.78, 5) is 13.8. The van der Waals surface area contributed by atoms with E-state index >= 15 is 0 Å². The molecule has 3 nitrogen and oxygen atoms in total. The summed E-state index contributed by atoms with van der Waals surface area (Å²) in [7, 11) is 0. The van der Waals surface area contributed by atoms with E-state index in [0.29, 0.717) is 13.0 Å². The fourth-order valence-electron chi connectivity index (χ4n) is 2.99. The highest BCUT2D eigenvalue weighted by Crippen LogP contribution is 2.26. The molecule has 0 amide bonds. The van der Waals surface area contributed by atoms with Crippen LogP contribution in [0.15, 0.2) is 28.2 Å². The normalized spacial score (nSPS) is 15.5. The minimum Gasteiger partial charge on any atom is -0.466 e. The zero-order valence-corrected chi connectivity index (χ0v) is 15.7. The molecule has 0 unspecified atom stereocenters. The number of piperidine rings is 1. The topological polar surface area (TPSA) is 29.5 Å². The first-order valence-corrected chi connectivity index (χ1v) is 9.28. The van der Waals surface area contributed by atoms with E-state index in [4.69, 9.17) is 4.74 Å². The van der Waals surface area contributed by atoms with Crippen LogP contribution in [0.25, 0.3) is 6.08 Å². The average molecular weight is 380 g/mol. The van der Waals surface area contributed by atoms with E-state index in [-0.39, 0.29) is 5.97 Å². The van der Waals surface area contributed by atoms with Crippen LogP contribution >= 0.6 is 15.9 Å². The first-order valence-electron chi connectivity index (χ1n) is 8.48. The van der Waals surface area contributed by atoms with Gasteiger partial charge in [-0.25, -0.2) is 0 Å². The third-order valence-electron chi connectivity index (χ3n) is 4.30. The number of likely N-dealkylation sites (tertiary alicyclic amines) is 1. The minimum atomic E-state index is -0.0874. The van der Waals surface area contributed by atoms with Crippen LogP contribution in [0.5, 0.6) is 0 Å². The zero-order valence-electron chi connectivity index (χ0n) is 14.1. The number of carbonyl (C=O) groups is 1. The highest BCUT2D eigenvalue weighted by molar-refractivity contribution is 9.10. The smallest absolute Gasteiger partial charge is 0.307 e. The quantitative estimate of drug-likeness (QED) is 0.684. The summed E-state index contributed by atoms with van der Waals surface area (Å²) >= 11 is 3.65. The molecule has 0 spiro atoms. The molecule has 23 heavy (non-hydrogen) atoms. The van der Waals surface area contributed by atoms with Gasteiger partial charge in [-0.15, -0.1) is 0 Å². The van der Waals surface area contributed by atoms with Gasteiger partial charge < -0.3 is 9.64 Å². The first kappa shape index (κ1) is 18.2. The fraction of sp³-hybridized carbons (Fsp3) is 0.526. The molecule has 0 radical (unpaired) electrons. The fourth-order valence-corrected chi connectivity index (χ4v) is 3.66. The molecule has 0 aromatic heterocycles. The number of hydrogen-bond acceptors (Lipinski definition) is 3. The molecule has 1 aromatic carbocycles. The van der Waals surface area contributed by atoms with E-state index in [1.54, 1.807) is 0 Å². The van der Waals surface area contributed by atoms with Crippen molar-refractivity contribution < 1.29 is 9.53 Å². The Balaban J connectivity index is 1.89. The summed E-state index contributed by atoms with van der Waals surface area (Å²) in [6.45, 7) is 7.38. The van der Waals surface area contributed by atoms with E-state index < -0.39 is 0 Å². The van der Waals surface area contributed by atoms with Gasteiger partial charge in [0.15, 0.2) is 0 Å². The van der Waals surface area contributed by atoms with Crippen LogP contribution in [0.2, 0.25) is 0 Å². The van der Waals surface area contributed by atoms with Gasteiger partial charge in [0.05, 0.1) is 13.0 Å². The predicted molar refractivity (Wildman–Crippen MR) is 98.4 cm³/mol. The summed E-state index contributed by atoms with van der Waals surface area (Å²) < 4.78 is 6.18. The third-order valence-corrected chi connectivity index (χ3v) is 5.05. The second kappa shape index (κ2) is 9.24. The van der Waals surface area contributed by atoms with Gasteiger partial charge in [0.1, 0.15) is 0 Å². The molecule has 0 atom stereocenters. The lowest BCUT2D eigenvalue weighted by Crippen LogP contribution is -2.32. The third kappa shape index (κ3) is 5.47. The second-order valence-electron chi connectivity index (χ2n) is 5.86. The molecule has 1 aromatic rings. The van der Waals surface area contributed by atoms with E-state index in [1.807, 2.05) is 6.92 Å². The van der Waals surface area contributed by atoms with E-state index in [9.17, 15) is 4.79 Å². The summed E-state index contributed by atoms with van der Waals surface area (Å²) in [5.74, 6) is -0.0874. The number of rotatable bonds is 6. The van der Waals surface area contributed by atoms with Crippen LogP contribution in [-0.4, -0.2) is 37.1 Å². The maximum Gasteiger partial charge on any atom is 0.307 e. The lowest BCUT2D eigenvalue weighted by molar-refractivity contribution is -0.143. The lowest BCUT2D eigenvalue weighted by atomic mass is 9.97. The maximum absolute atomic E-state index is 11.4. The lowest BCUT2D eigenvalue weighted by Gasteiger charge is -2.28. The average Bonchev–Trinajstić information content (AvgIpc) is 2.55. The Hall–Kier alpha value is -1.13. The Bertz CT molecular complexity index is 558. The van der Waals surface area contributed by atoms with E-state index in [0.717, 1.165) is 38.9 Å². The van der Waals surface area contributed by atoms with Crippen molar-refractivity contribution in [3.05, 3.63) is 39.4 Å². The number of nitrogens with zero attached hydrogens (tertiary/aromatic N) is 1. The van der Waals surface area contributed by atoms with Crippen molar-refractivity contribution in [1.82, 2.24) is 4.90 Å². The van der Waals surface area contributed by atoms with Gasteiger partial charge in [0.2, 0.25) is 0 Å². The van der Waals surface area contributed by atoms with Gasteiger partial charge in [0.25, 0.3) is 0 Å². The second-order valence-corrected chi connectivity index (χ2v) is 6.71. The van der Waals surface area contributed by atoms with Crippen molar-refractivity contribution in [2.75, 3.05) is 26.2 Å². The van der Waals surface area contributed by atoms with Gasteiger partial charge in [-0.1, -0.05) is 46.6 Å². The molecule has 4 heteroatoms. The van der Waals surface area contributed by atoms with Crippen LogP contribution in [0, 0.1) is 0 Å². The van der Waals surface area contributed by atoms with Crippen LogP contribution in [0.3, 0.4) is 0 Å². The van der Waals surface area contributed by atoms with E-state index in [1.165, 1.54) is 21.2 Å². The maximum atomic E-state index is 11.4. The molecular weight excluding hydrogens is 354 g/mol. The van der Waals surface area contributed by atoms with Crippen LogP contribution in [-0.2, 0) is 16.0 Å². The van der Waals surface area contributed by atoms with Gasteiger partial charge in [-0.2, -0.15) is 0 Å². The molecule has 126 valence electrons. The van der Waals surface area contributed by atoms with Crippen LogP contribution < -0.4 is 0 Å². The Kier molecular flexibility index (Phi) is 7.31. The Morgan fingerprint density at radius 1 is 1.30 bits per heavy atom. The molecule has 2 rings (SSSR count). The first-order chi connectivity index (χ1) is 11.1. The van der Waals surface area contributed by atoms with Gasteiger partial charge in [-0.05, 0) is 43.4 Å². The van der Waals surface area contributed by atoms with Crippen LogP contribution in [0.4, 0.5) is 0 Å². The van der Waals surface area contributed by atoms with Crippen molar-refractivity contribution in [3.8, 4) is 0 Å². The Morgan fingerprint density at radius 3 is 2.70 bits per heavy atom. The monoisotopic (exact) mass is 379 g/mol. The van der Waals surface area contributed by atoms with Gasteiger partial charge >= 0.3 is 5.97 Å². The number of halogens is 1. The molecular formula is C19H26BrNO2. The zero-order chi connectivity index (χ0) is 16.7. The number of ether oxygens (including phenoxy) is 1. The molecule has 1 aliphatic rings. The van der Waals surface area contributed by atoms with Crippen molar-refractivity contribution in [3.63, 3.8) is 0 Å². The Morgan fingerprint density at radius 2 is 2.04 bits per heavy atom. The number of carbonyl (C=O) groups excluding carboxylic acids is 1. The summed E-state index contributed by atoms with van der Waals surface area (Å²) in [6, 6.07) is 6.41. The molecule has 1 saturated heterocycles. The van der Waals surface area contributed by atoms with Crippen molar-refractivity contribution in [2.45, 2.75) is 39.5 Å². The largest absolute Gasteiger partial charge is 0.466 e. The number of esters is 1. The predicted octanol–water partition coefficient (Wildman–Crippen LogP) is 4.44. The molecule has 1 aliphatic heterocycles. The van der Waals surface area contributed by atoms with Crippen molar-refractivity contribution in [1.29, 1.82) is 0 Å². The van der Waals surface area contributed by atoms with Crippen molar-refractivity contribution >= 4 is 28.0 Å². The Labute approximate surface area is 147 Å². The summed E-state index contributed by atoms with van der Waals surface area (Å²) in [6.07, 6.45) is 6.05. The molecule has 1 fully saturated rings. The van der Waals surface area contributed by atoms with E-state index in [2.05, 4.69) is 52.0 Å². The minimum absolute atomic E-state index is 0.0874. The molecule has 0 bridgehead atoms. The highest BCUT2D eigenvalue weighted by Gasteiger charge is 2.15. The highest BCUT2D eigenvalue weighted by atomic mass is 79.9. The molecule has 0 aliphatic carbocycles. The van der Waals surface area contributed by atoms with Gasteiger partial charge in [-0.3, -0.25) is 4.79 Å². The molecule has 1 heterocycles. The van der Waals surface area contributed by atoms with Gasteiger partial charge in [0, 0.05) is 24.1 Å². The molecule has 0 saturated carbocycles. The van der Waals surface area contributed by atoms with Crippen LogP contribution in [0.1, 0.15) is 44.2 Å². The number of benzene rings is 1. The number of hydrogen-bond donors (Lipinski definition) is 0. The van der Waals surface area contributed by atoms with Crippen molar-refractivity contribution in [2.24, 2.45) is 0 Å². The molecule has 0 N–H and O–H groups in total. The SMILES string of the molecule is CCOC(=O)CCN1CCC(=Cc2cccc(Br)c2CC)CC1.